The summed E-state index contributed by atoms with van der Waals surface area (Å²) in [4.78, 5) is 10.6. The van der Waals surface area contributed by atoms with E-state index in [-0.39, 0.29) is 16.7 Å². The fourth-order valence-corrected chi connectivity index (χ4v) is 4.67. The lowest BCUT2D eigenvalue weighted by Gasteiger charge is -2.30. The van der Waals surface area contributed by atoms with Gasteiger partial charge < -0.3 is 0 Å². The first-order chi connectivity index (χ1) is 15.2. The zero-order chi connectivity index (χ0) is 21.2. The first-order valence-electron chi connectivity index (χ1n) is 10.6. The minimum Gasteiger partial charge on any atom is -0.258 e. The van der Waals surface area contributed by atoms with Gasteiger partial charge in [0.2, 0.25) is 0 Å². The van der Waals surface area contributed by atoms with Crippen molar-refractivity contribution in [3.8, 4) is 0 Å². The highest BCUT2D eigenvalue weighted by Crippen LogP contribution is 2.46. The summed E-state index contributed by atoms with van der Waals surface area (Å²) in [6.07, 6.45) is 5.31. The van der Waals surface area contributed by atoms with E-state index in [1.807, 2.05) is 36.4 Å². The van der Waals surface area contributed by atoms with Crippen molar-refractivity contribution in [3.05, 3.63) is 112 Å². The van der Waals surface area contributed by atoms with Crippen molar-refractivity contribution >= 4 is 23.2 Å². The van der Waals surface area contributed by atoms with Gasteiger partial charge in [-0.25, -0.2) is 0 Å². The number of benzene rings is 3. The lowest BCUT2D eigenvalue weighted by atomic mass is 9.77. The third-order valence-electron chi connectivity index (χ3n) is 6.11. The van der Waals surface area contributed by atoms with E-state index in [0.717, 1.165) is 36.2 Å². The van der Waals surface area contributed by atoms with Crippen molar-refractivity contribution in [2.45, 2.75) is 25.3 Å². The lowest BCUT2D eigenvalue weighted by Crippen LogP contribution is -2.28. The summed E-state index contributed by atoms with van der Waals surface area (Å²) < 4.78 is 0. The number of nitrogens with zero attached hydrogens (tertiary/aromatic N) is 3. The second-order valence-electron chi connectivity index (χ2n) is 8.04. The Morgan fingerprint density at radius 2 is 1.61 bits per heavy atom. The van der Waals surface area contributed by atoms with Crippen LogP contribution >= 0.6 is 0 Å². The molecule has 0 spiro atoms. The van der Waals surface area contributed by atoms with Gasteiger partial charge in [0.25, 0.3) is 5.69 Å². The normalized spacial score (nSPS) is 21.6. The lowest BCUT2D eigenvalue weighted by molar-refractivity contribution is -0.384. The number of hydrogen-bond acceptors (Lipinski definition) is 4. The van der Waals surface area contributed by atoms with Gasteiger partial charge in [-0.05, 0) is 66.3 Å². The number of fused-ring (bicyclic) bond motifs is 1. The van der Waals surface area contributed by atoms with Gasteiger partial charge in [0.05, 0.1) is 22.4 Å². The van der Waals surface area contributed by atoms with Crippen LogP contribution in [0.2, 0.25) is 0 Å². The van der Waals surface area contributed by atoms with Crippen LogP contribution in [0, 0.1) is 16.0 Å². The Morgan fingerprint density at radius 3 is 2.29 bits per heavy atom. The molecule has 0 saturated heterocycles. The van der Waals surface area contributed by atoms with Crippen LogP contribution in [0.5, 0.6) is 0 Å². The first kappa shape index (κ1) is 19.2. The molecule has 2 atom stereocenters. The quantitative estimate of drug-likeness (QED) is 0.370. The molecule has 0 radical (unpaired) electrons. The number of nitro groups is 1. The Hall–Kier alpha value is -3.73. The molecule has 1 aliphatic carbocycles. The number of hydrogen-bond donors (Lipinski definition) is 0. The van der Waals surface area contributed by atoms with Crippen LogP contribution in [0.25, 0.3) is 6.08 Å². The molecular formula is C26H23N3O2. The third-order valence-corrected chi connectivity index (χ3v) is 6.11. The van der Waals surface area contributed by atoms with Crippen molar-refractivity contribution in [3.63, 3.8) is 0 Å². The predicted octanol–water partition coefficient (Wildman–Crippen LogP) is 6.40. The molecule has 3 aromatic rings. The van der Waals surface area contributed by atoms with Crippen molar-refractivity contribution in [2.75, 3.05) is 5.01 Å². The molecule has 0 aromatic heterocycles. The maximum absolute atomic E-state index is 11.0. The Labute approximate surface area is 181 Å². The monoisotopic (exact) mass is 409 g/mol. The number of nitro benzene ring substituents is 1. The van der Waals surface area contributed by atoms with E-state index in [9.17, 15) is 10.1 Å². The fourth-order valence-electron chi connectivity index (χ4n) is 4.67. The van der Waals surface area contributed by atoms with E-state index in [1.165, 1.54) is 11.1 Å². The zero-order valence-corrected chi connectivity index (χ0v) is 17.1. The van der Waals surface area contributed by atoms with Crippen LogP contribution in [0.4, 0.5) is 11.4 Å². The number of rotatable bonds is 4. The van der Waals surface area contributed by atoms with Gasteiger partial charge in [-0.2, -0.15) is 5.10 Å². The number of allylic oxidation sites excluding steroid dienone is 1. The molecule has 0 bridgehead atoms. The summed E-state index contributed by atoms with van der Waals surface area (Å²) in [7, 11) is 0. The third kappa shape index (κ3) is 3.75. The van der Waals surface area contributed by atoms with E-state index in [2.05, 4.69) is 47.5 Å². The molecule has 1 aliphatic heterocycles. The van der Waals surface area contributed by atoms with Crippen LogP contribution < -0.4 is 5.01 Å². The van der Waals surface area contributed by atoms with E-state index < -0.39 is 0 Å². The molecule has 0 unspecified atom stereocenters. The molecule has 0 N–H and O–H groups in total. The minimum atomic E-state index is -0.364. The zero-order valence-electron chi connectivity index (χ0n) is 17.1. The second kappa shape index (κ2) is 8.19. The highest BCUT2D eigenvalue weighted by Gasteiger charge is 2.41. The van der Waals surface area contributed by atoms with Crippen LogP contribution in [0.15, 0.2) is 95.6 Å². The fraction of sp³-hybridized carbons (Fsp3) is 0.192. The molecule has 31 heavy (non-hydrogen) atoms. The molecule has 3 aromatic carbocycles. The van der Waals surface area contributed by atoms with E-state index in [1.54, 1.807) is 12.1 Å². The van der Waals surface area contributed by atoms with Gasteiger partial charge in [-0.1, -0.05) is 48.5 Å². The van der Waals surface area contributed by atoms with Gasteiger partial charge in [0, 0.05) is 18.1 Å². The van der Waals surface area contributed by atoms with Crippen LogP contribution in [-0.2, 0) is 0 Å². The van der Waals surface area contributed by atoms with Gasteiger partial charge in [-0.3, -0.25) is 15.1 Å². The summed E-state index contributed by atoms with van der Waals surface area (Å²) in [6.45, 7) is 0. The Kier molecular flexibility index (Phi) is 5.08. The highest BCUT2D eigenvalue weighted by atomic mass is 16.6. The van der Waals surface area contributed by atoms with E-state index >= 15 is 0 Å². The van der Waals surface area contributed by atoms with E-state index in [0.29, 0.717) is 5.92 Å². The molecule has 0 amide bonds. The van der Waals surface area contributed by atoms with Crippen LogP contribution in [0.1, 0.15) is 36.4 Å². The summed E-state index contributed by atoms with van der Waals surface area (Å²) in [6, 6.07) is 27.9. The Morgan fingerprint density at radius 1 is 0.935 bits per heavy atom. The van der Waals surface area contributed by atoms with Crippen molar-refractivity contribution in [1.82, 2.24) is 0 Å². The minimum absolute atomic E-state index is 0.112. The van der Waals surface area contributed by atoms with Gasteiger partial charge in [0.1, 0.15) is 0 Å². The molecule has 154 valence electrons. The molecular weight excluding hydrogens is 386 g/mol. The van der Waals surface area contributed by atoms with Gasteiger partial charge >= 0.3 is 0 Å². The molecule has 5 nitrogen and oxygen atoms in total. The number of para-hydroxylation sites is 1. The number of non-ortho nitro benzene ring substituents is 1. The second-order valence-corrected chi connectivity index (χ2v) is 8.04. The molecule has 5 rings (SSSR count). The summed E-state index contributed by atoms with van der Waals surface area (Å²) in [5.41, 5.74) is 5.81. The summed E-state index contributed by atoms with van der Waals surface area (Å²) in [5, 5.41) is 18.3. The average molecular weight is 409 g/mol. The molecule has 2 aliphatic rings. The number of anilines is 1. The largest absolute Gasteiger partial charge is 0.269 e. The van der Waals surface area contributed by atoms with Crippen molar-refractivity contribution in [2.24, 2.45) is 11.0 Å². The van der Waals surface area contributed by atoms with Crippen LogP contribution in [0.3, 0.4) is 0 Å². The number of hydrazone groups is 1. The predicted molar refractivity (Wildman–Crippen MR) is 124 cm³/mol. The summed E-state index contributed by atoms with van der Waals surface area (Å²) in [5.74, 6) is 0.320. The SMILES string of the molecule is O=[N+]([O-])c1ccc(/C=C2/CCC[C@@H]3C2=NN(c2ccccc2)[C@@H]3c2ccccc2)cc1. The molecule has 1 saturated carbocycles. The molecule has 5 heteroatoms. The average Bonchev–Trinajstić information content (AvgIpc) is 3.21. The van der Waals surface area contributed by atoms with Gasteiger partial charge in [0.15, 0.2) is 0 Å². The van der Waals surface area contributed by atoms with E-state index in [4.69, 9.17) is 5.10 Å². The topological polar surface area (TPSA) is 58.7 Å². The molecule has 1 fully saturated rings. The molecule has 1 heterocycles. The van der Waals surface area contributed by atoms with Gasteiger partial charge in [-0.15, -0.1) is 0 Å². The highest BCUT2D eigenvalue weighted by molar-refractivity contribution is 6.08. The first-order valence-corrected chi connectivity index (χ1v) is 10.6. The maximum Gasteiger partial charge on any atom is 0.269 e. The maximum atomic E-state index is 11.0. The Bertz CT molecular complexity index is 1140. The van der Waals surface area contributed by atoms with Crippen molar-refractivity contribution < 1.29 is 4.92 Å². The Balaban J connectivity index is 1.55. The standard InChI is InChI=1S/C26H23N3O2/c30-29(31)23-16-14-19(15-17-23)18-21-10-7-13-24-25(21)27-28(22-11-5-2-6-12-22)26(24)20-8-3-1-4-9-20/h1-6,8-9,11-12,14-18,24,26H,7,10,13H2/b21-18-/t24-,26-/m1/s1. The summed E-state index contributed by atoms with van der Waals surface area (Å²) >= 11 is 0. The van der Waals surface area contributed by atoms with Crippen molar-refractivity contribution in [1.29, 1.82) is 0 Å². The van der Waals surface area contributed by atoms with Crippen LogP contribution in [-0.4, -0.2) is 10.6 Å². The smallest absolute Gasteiger partial charge is 0.258 e.